The highest BCUT2D eigenvalue weighted by Gasteiger charge is 2.36. The number of benzene rings is 9. The zero-order chi connectivity index (χ0) is 40.7. The summed E-state index contributed by atoms with van der Waals surface area (Å²) in [6.45, 7) is 4.77. The molecule has 0 spiro atoms. The number of para-hydroxylation sites is 1. The molecule has 0 saturated carbocycles. The Morgan fingerprint density at radius 3 is 1.79 bits per heavy atom. The van der Waals surface area contributed by atoms with Gasteiger partial charge in [-0.15, -0.1) is 0 Å². The van der Waals surface area contributed by atoms with E-state index >= 15 is 0 Å². The molecule has 61 heavy (non-hydrogen) atoms. The van der Waals surface area contributed by atoms with Crippen molar-refractivity contribution in [3.8, 4) is 39.2 Å². The Morgan fingerprint density at radius 2 is 0.967 bits per heavy atom. The average molecular weight is 780 g/mol. The molecule has 3 heteroatoms. The second-order valence-electron chi connectivity index (χ2n) is 16.8. The molecule has 0 aliphatic heterocycles. The molecule has 3 nitrogen and oxygen atoms in total. The van der Waals surface area contributed by atoms with E-state index in [9.17, 15) is 0 Å². The smallest absolute Gasteiger partial charge is 0.137 e. The van der Waals surface area contributed by atoms with Gasteiger partial charge in [-0.05, 0) is 133 Å². The van der Waals surface area contributed by atoms with Crippen molar-refractivity contribution in [1.82, 2.24) is 9.55 Å². The first-order chi connectivity index (χ1) is 30.0. The highest BCUT2D eigenvalue weighted by atomic mass is 15.1. The van der Waals surface area contributed by atoms with Gasteiger partial charge in [-0.2, -0.15) is 0 Å². The van der Waals surface area contributed by atoms with Gasteiger partial charge < -0.3 is 4.90 Å². The normalized spacial score (nSPS) is 12.9. The minimum Gasteiger partial charge on any atom is -0.310 e. The molecule has 1 aliphatic carbocycles. The highest BCUT2D eigenvalue weighted by molar-refractivity contribution is 6.11. The van der Waals surface area contributed by atoms with Gasteiger partial charge >= 0.3 is 0 Å². The van der Waals surface area contributed by atoms with Crippen molar-refractivity contribution in [1.29, 1.82) is 0 Å². The van der Waals surface area contributed by atoms with Crippen molar-refractivity contribution in [2.45, 2.75) is 19.3 Å². The zero-order valence-corrected chi connectivity index (χ0v) is 34.0. The number of aromatic nitrogens is 2. The van der Waals surface area contributed by atoms with Crippen molar-refractivity contribution in [2.24, 2.45) is 0 Å². The Labute approximate surface area is 355 Å². The van der Waals surface area contributed by atoms with Crippen LogP contribution in [0.5, 0.6) is 0 Å². The van der Waals surface area contributed by atoms with Crippen LogP contribution in [-0.2, 0) is 5.41 Å². The molecule has 1 aliphatic rings. The second-order valence-corrected chi connectivity index (χ2v) is 16.8. The number of fused-ring (bicyclic) bond motifs is 9. The van der Waals surface area contributed by atoms with Gasteiger partial charge in [0.1, 0.15) is 5.82 Å². The first-order valence-electron chi connectivity index (χ1n) is 21.1. The van der Waals surface area contributed by atoms with E-state index in [4.69, 9.17) is 4.98 Å². The maximum absolute atomic E-state index is 4.77. The summed E-state index contributed by atoms with van der Waals surface area (Å²) < 4.78 is 2.29. The van der Waals surface area contributed by atoms with Crippen LogP contribution in [0.4, 0.5) is 17.1 Å². The molecular formula is C58H41N3. The summed E-state index contributed by atoms with van der Waals surface area (Å²) >= 11 is 0. The van der Waals surface area contributed by atoms with Gasteiger partial charge in [0, 0.05) is 39.4 Å². The Kier molecular flexibility index (Phi) is 7.88. The minimum absolute atomic E-state index is 0.230. The fourth-order valence-electron chi connectivity index (χ4n) is 9.94. The number of hydrogen-bond donors (Lipinski definition) is 0. The van der Waals surface area contributed by atoms with E-state index in [0.717, 1.165) is 33.9 Å². The third-order valence-electron chi connectivity index (χ3n) is 13.0. The van der Waals surface area contributed by atoms with Crippen molar-refractivity contribution in [3.05, 3.63) is 224 Å². The monoisotopic (exact) mass is 779 g/mol. The predicted octanol–water partition coefficient (Wildman–Crippen LogP) is 15.6. The van der Waals surface area contributed by atoms with Gasteiger partial charge in [-0.3, -0.25) is 4.57 Å². The maximum atomic E-state index is 4.77. The number of nitrogens with zero attached hydrogens (tertiary/aromatic N) is 3. The molecule has 0 amide bonds. The fourth-order valence-corrected chi connectivity index (χ4v) is 9.94. The van der Waals surface area contributed by atoms with Crippen LogP contribution in [0.15, 0.2) is 212 Å². The summed E-state index contributed by atoms with van der Waals surface area (Å²) in [5, 5.41) is 7.46. The van der Waals surface area contributed by atoms with Crippen molar-refractivity contribution >= 4 is 60.4 Å². The highest BCUT2D eigenvalue weighted by Crippen LogP contribution is 2.52. The topological polar surface area (TPSA) is 21.1 Å². The summed E-state index contributed by atoms with van der Waals surface area (Å²) in [7, 11) is 0. The van der Waals surface area contributed by atoms with Crippen molar-refractivity contribution in [3.63, 3.8) is 0 Å². The summed E-state index contributed by atoms with van der Waals surface area (Å²) in [6.07, 6.45) is 1.87. The molecular weight excluding hydrogens is 739 g/mol. The molecule has 0 unspecified atom stereocenters. The molecule has 0 radical (unpaired) electrons. The molecule has 2 heterocycles. The van der Waals surface area contributed by atoms with Crippen LogP contribution < -0.4 is 4.90 Å². The lowest BCUT2D eigenvalue weighted by atomic mass is 9.81. The first kappa shape index (κ1) is 35.2. The van der Waals surface area contributed by atoms with Gasteiger partial charge in [0.2, 0.25) is 0 Å². The van der Waals surface area contributed by atoms with Crippen LogP contribution >= 0.6 is 0 Å². The minimum atomic E-state index is -0.230. The summed E-state index contributed by atoms with van der Waals surface area (Å²) in [5.74, 6) is 0.922. The summed E-state index contributed by atoms with van der Waals surface area (Å²) in [4.78, 5) is 7.20. The van der Waals surface area contributed by atoms with E-state index in [1.165, 1.54) is 76.8 Å². The van der Waals surface area contributed by atoms with Crippen LogP contribution in [-0.4, -0.2) is 9.55 Å². The number of anilines is 3. The third kappa shape index (κ3) is 5.62. The Bertz CT molecular complexity index is 3490. The van der Waals surface area contributed by atoms with Gasteiger partial charge in [0.05, 0.1) is 11.0 Å². The van der Waals surface area contributed by atoms with Crippen LogP contribution in [0.25, 0.3) is 82.5 Å². The van der Waals surface area contributed by atoms with Gasteiger partial charge in [-0.25, -0.2) is 4.98 Å². The number of pyridine rings is 1. The lowest BCUT2D eigenvalue weighted by Crippen LogP contribution is -2.16. The third-order valence-corrected chi connectivity index (χ3v) is 13.0. The van der Waals surface area contributed by atoms with Crippen LogP contribution in [0.3, 0.4) is 0 Å². The predicted molar refractivity (Wildman–Crippen MR) is 257 cm³/mol. The average Bonchev–Trinajstić information content (AvgIpc) is 3.77. The lowest BCUT2D eigenvalue weighted by Gasteiger charge is -2.28. The second kappa shape index (κ2) is 13.7. The Balaban J connectivity index is 0.972. The number of hydrogen-bond acceptors (Lipinski definition) is 2. The van der Waals surface area contributed by atoms with E-state index in [1.807, 2.05) is 12.3 Å². The molecule has 9 aromatic carbocycles. The van der Waals surface area contributed by atoms with E-state index in [2.05, 4.69) is 224 Å². The van der Waals surface area contributed by atoms with Crippen molar-refractivity contribution in [2.75, 3.05) is 4.90 Å². The molecule has 0 fully saturated rings. The SMILES string of the molecule is CC1(C)c2cc(-c3ccc4c5ccccc5n(-c5ccccn5)c4c3)ccc2-c2ccc(N(c3ccc(-c4ccccc4)cc3)c3ccc4ccc5ccccc5c4c3)cc21. The van der Waals surface area contributed by atoms with Gasteiger partial charge in [0.15, 0.2) is 0 Å². The summed E-state index contributed by atoms with van der Waals surface area (Å²) in [5.41, 5.74) is 15.6. The van der Waals surface area contributed by atoms with Crippen LogP contribution in [0.1, 0.15) is 25.0 Å². The largest absolute Gasteiger partial charge is 0.310 e. The Hall–Kier alpha value is -7.75. The van der Waals surface area contributed by atoms with E-state index in [-0.39, 0.29) is 5.41 Å². The van der Waals surface area contributed by atoms with Crippen molar-refractivity contribution < 1.29 is 0 Å². The molecule has 0 bridgehead atoms. The van der Waals surface area contributed by atoms with Gasteiger partial charge in [-0.1, -0.05) is 153 Å². The van der Waals surface area contributed by atoms with Gasteiger partial charge in [0.25, 0.3) is 0 Å². The maximum Gasteiger partial charge on any atom is 0.137 e. The molecule has 0 atom stereocenters. The van der Waals surface area contributed by atoms with E-state index in [0.29, 0.717) is 0 Å². The lowest BCUT2D eigenvalue weighted by molar-refractivity contribution is 0.660. The zero-order valence-electron chi connectivity index (χ0n) is 34.0. The fraction of sp³-hybridized carbons (Fsp3) is 0.0517. The molecule has 0 saturated heterocycles. The molecule has 12 rings (SSSR count). The molecule has 288 valence electrons. The Morgan fingerprint density at radius 1 is 0.393 bits per heavy atom. The number of rotatable bonds is 6. The summed E-state index contributed by atoms with van der Waals surface area (Å²) in [6, 6.07) is 75.5. The van der Waals surface area contributed by atoms with E-state index in [1.54, 1.807) is 0 Å². The first-order valence-corrected chi connectivity index (χ1v) is 21.1. The molecule has 0 N–H and O–H groups in total. The van der Waals surface area contributed by atoms with E-state index < -0.39 is 0 Å². The molecule has 11 aromatic rings. The standard InChI is InChI=1S/C58H41N3/c1-58(2)53-34-42(43-25-31-51-50-16-8-9-17-55(50)61(56(51)35-43)57-18-10-11-33-59-57)24-30-48(53)49-32-29-46(37-54(49)58)60(44-26-21-39(22-27-44)38-12-4-3-5-13-38)45-28-23-41-20-19-40-14-6-7-15-47(40)52(41)36-45/h3-37H,1-2H3. The molecule has 2 aromatic heterocycles. The quantitative estimate of drug-likeness (QED) is 0.157. The van der Waals surface area contributed by atoms with Crippen LogP contribution in [0.2, 0.25) is 0 Å². The van der Waals surface area contributed by atoms with Crippen LogP contribution in [0, 0.1) is 0 Å².